The van der Waals surface area contributed by atoms with Crippen LogP contribution in [0.2, 0.25) is 0 Å². The Bertz CT molecular complexity index is 639. The lowest BCUT2D eigenvalue weighted by molar-refractivity contribution is -0.577. The number of rotatable bonds is 2. The zero-order valence-corrected chi connectivity index (χ0v) is 14.7. The fourth-order valence-electron chi connectivity index (χ4n) is 5.59. The van der Waals surface area contributed by atoms with Gasteiger partial charge in [-0.15, -0.1) is 0 Å². The van der Waals surface area contributed by atoms with Crippen molar-refractivity contribution >= 4 is 0 Å². The summed E-state index contributed by atoms with van der Waals surface area (Å²) in [5, 5.41) is 10.8. The third-order valence-electron chi connectivity index (χ3n) is 6.90. The van der Waals surface area contributed by atoms with Crippen LogP contribution >= 0.6 is 0 Å². The molecule has 7 heteroatoms. The van der Waals surface area contributed by atoms with Crippen molar-refractivity contribution in [1.29, 1.82) is 0 Å². The van der Waals surface area contributed by atoms with Crippen molar-refractivity contribution in [3.05, 3.63) is 18.7 Å². The number of ether oxygens (including phenoxy) is 2. The predicted octanol–water partition coefficient (Wildman–Crippen LogP) is 2.06. The fourth-order valence-corrected chi connectivity index (χ4v) is 5.59. The minimum atomic E-state index is -0.886. The maximum atomic E-state index is 10.8. The summed E-state index contributed by atoms with van der Waals surface area (Å²) in [4.78, 5) is 16.0. The lowest BCUT2D eigenvalue weighted by Crippen LogP contribution is -2.71. The third-order valence-corrected chi connectivity index (χ3v) is 6.90. The monoisotopic (exact) mass is 350 g/mol. The lowest BCUT2D eigenvalue weighted by atomic mass is 9.58. The van der Waals surface area contributed by atoms with Crippen molar-refractivity contribution in [2.45, 2.75) is 70.0 Å². The molecule has 1 aliphatic carbocycles. The molecule has 1 saturated carbocycles. The maximum Gasteiger partial charge on any atom is 0.201 e. The second-order valence-corrected chi connectivity index (χ2v) is 8.36. The molecule has 1 spiro atoms. The topological polar surface area (TPSA) is 75.0 Å². The molecular formula is C18H26N2O5. The van der Waals surface area contributed by atoms with Gasteiger partial charge in [-0.2, -0.15) is 0 Å². The molecule has 1 aromatic heterocycles. The van der Waals surface area contributed by atoms with E-state index in [0.29, 0.717) is 18.4 Å². The Hall–Kier alpha value is -0.990. The molecule has 1 aromatic rings. The van der Waals surface area contributed by atoms with E-state index < -0.39 is 24.0 Å². The molecular weight excluding hydrogens is 324 g/mol. The number of nitrogens with zero attached hydrogens (tertiary/aromatic N) is 2. The second kappa shape index (κ2) is 5.50. The molecule has 1 N–H and O–H groups in total. The van der Waals surface area contributed by atoms with Gasteiger partial charge >= 0.3 is 0 Å². The molecule has 4 saturated heterocycles. The van der Waals surface area contributed by atoms with E-state index in [-0.39, 0.29) is 11.8 Å². The summed E-state index contributed by atoms with van der Waals surface area (Å²) >= 11 is 0. The molecule has 7 nitrogen and oxygen atoms in total. The molecule has 0 amide bonds. The van der Waals surface area contributed by atoms with Crippen LogP contribution in [0.5, 0.6) is 0 Å². The normalized spacial score (nSPS) is 51.8. The summed E-state index contributed by atoms with van der Waals surface area (Å²) in [6, 6.07) is 0. The Labute approximate surface area is 147 Å². The highest BCUT2D eigenvalue weighted by molar-refractivity contribution is 5.09. The standard InChI is InChI=1S/C18H26N2O5/c1-11-3-4-14-12(9-20-8-7-19-10-20)15(21)22-16-18(14)13(11)5-6-17(2,23-16)24-25-18/h7-8,10-16,21H,3-6,9H2,1-2H3/t11-,12-,13+,14+,15?,16-,17-,18-/m1/s1. The Kier molecular flexibility index (Phi) is 3.57. The largest absolute Gasteiger partial charge is 0.368 e. The molecule has 5 aliphatic rings. The average molecular weight is 350 g/mol. The van der Waals surface area contributed by atoms with Gasteiger partial charge in [0.25, 0.3) is 0 Å². The first-order valence-corrected chi connectivity index (χ1v) is 9.36. The van der Waals surface area contributed by atoms with E-state index >= 15 is 0 Å². The van der Waals surface area contributed by atoms with Crippen LogP contribution in [0.15, 0.2) is 18.7 Å². The van der Waals surface area contributed by atoms with Crippen LogP contribution in [0.1, 0.15) is 39.5 Å². The fraction of sp³-hybridized carbons (Fsp3) is 0.833. The summed E-state index contributed by atoms with van der Waals surface area (Å²) in [7, 11) is 0. The lowest BCUT2D eigenvalue weighted by Gasteiger charge is -2.60. The first kappa shape index (κ1) is 16.2. The molecule has 138 valence electrons. The van der Waals surface area contributed by atoms with E-state index in [1.807, 2.05) is 17.7 Å². The molecule has 8 atom stereocenters. The van der Waals surface area contributed by atoms with Crippen molar-refractivity contribution in [1.82, 2.24) is 9.55 Å². The number of fused-ring (bicyclic) bond motifs is 2. The Morgan fingerprint density at radius 3 is 2.92 bits per heavy atom. The van der Waals surface area contributed by atoms with Crippen LogP contribution in [-0.2, 0) is 25.8 Å². The van der Waals surface area contributed by atoms with Gasteiger partial charge in [0.2, 0.25) is 5.79 Å². The van der Waals surface area contributed by atoms with Gasteiger partial charge in [0, 0.05) is 37.2 Å². The number of hydrogen-bond acceptors (Lipinski definition) is 6. The molecule has 25 heavy (non-hydrogen) atoms. The quantitative estimate of drug-likeness (QED) is 0.823. The number of hydrogen-bond donors (Lipinski definition) is 1. The van der Waals surface area contributed by atoms with Crippen LogP contribution < -0.4 is 0 Å². The predicted molar refractivity (Wildman–Crippen MR) is 85.6 cm³/mol. The highest BCUT2D eigenvalue weighted by Crippen LogP contribution is 2.60. The zero-order chi connectivity index (χ0) is 17.2. The molecule has 5 heterocycles. The van der Waals surface area contributed by atoms with E-state index in [0.717, 1.165) is 25.7 Å². The Morgan fingerprint density at radius 1 is 1.24 bits per heavy atom. The average Bonchev–Trinajstić information content (AvgIpc) is 2.99. The van der Waals surface area contributed by atoms with E-state index in [2.05, 4.69) is 11.9 Å². The van der Waals surface area contributed by atoms with Crippen LogP contribution in [0.4, 0.5) is 0 Å². The third kappa shape index (κ3) is 2.26. The summed E-state index contributed by atoms with van der Waals surface area (Å²) < 4.78 is 14.2. The van der Waals surface area contributed by atoms with Crippen molar-refractivity contribution in [3.8, 4) is 0 Å². The highest BCUT2D eigenvalue weighted by Gasteiger charge is 2.69. The molecule has 0 radical (unpaired) electrons. The van der Waals surface area contributed by atoms with Gasteiger partial charge in [-0.05, 0) is 38.0 Å². The molecule has 1 unspecified atom stereocenters. The minimum absolute atomic E-state index is 0.0879. The van der Waals surface area contributed by atoms with E-state index in [1.54, 1.807) is 12.5 Å². The summed E-state index contributed by atoms with van der Waals surface area (Å²) in [5.74, 6) is 0.0501. The van der Waals surface area contributed by atoms with Gasteiger partial charge in [0.15, 0.2) is 18.2 Å². The SMILES string of the molecule is C[C@@H]1CC[C@H]2[C@@H](Cn3ccnc3)C(O)O[C@@H]3O[C@@]4(C)CC[C@@H]1[C@]32OO4. The van der Waals surface area contributed by atoms with Gasteiger partial charge < -0.3 is 19.1 Å². The molecule has 6 rings (SSSR count). The van der Waals surface area contributed by atoms with Gasteiger partial charge in [-0.3, -0.25) is 0 Å². The van der Waals surface area contributed by atoms with Gasteiger partial charge in [0.1, 0.15) is 0 Å². The molecule has 0 aromatic carbocycles. The summed E-state index contributed by atoms with van der Waals surface area (Å²) in [6.45, 7) is 4.82. The van der Waals surface area contributed by atoms with Gasteiger partial charge in [-0.1, -0.05) is 6.92 Å². The first-order valence-electron chi connectivity index (χ1n) is 9.36. The van der Waals surface area contributed by atoms with Crippen LogP contribution in [0.25, 0.3) is 0 Å². The van der Waals surface area contributed by atoms with Gasteiger partial charge in [-0.25, -0.2) is 14.8 Å². The van der Waals surface area contributed by atoms with Crippen LogP contribution in [-0.4, -0.2) is 38.6 Å². The Morgan fingerprint density at radius 2 is 2.12 bits per heavy atom. The number of imidazole rings is 1. The van der Waals surface area contributed by atoms with Crippen molar-refractivity contribution in [3.63, 3.8) is 0 Å². The van der Waals surface area contributed by atoms with Crippen LogP contribution in [0, 0.1) is 23.7 Å². The molecule has 5 fully saturated rings. The number of aromatic nitrogens is 2. The van der Waals surface area contributed by atoms with Crippen LogP contribution in [0.3, 0.4) is 0 Å². The van der Waals surface area contributed by atoms with Crippen molar-refractivity contribution < 1.29 is 24.4 Å². The number of aliphatic hydroxyl groups excluding tert-OH is 1. The van der Waals surface area contributed by atoms with E-state index in [4.69, 9.17) is 19.2 Å². The molecule has 4 aliphatic heterocycles. The summed E-state index contributed by atoms with van der Waals surface area (Å²) in [5.41, 5.74) is -0.641. The second-order valence-electron chi connectivity index (χ2n) is 8.36. The first-order chi connectivity index (χ1) is 12.0. The van der Waals surface area contributed by atoms with Crippen molar-refractivity contribution in [2.24, 2.45) is 23.7 Å². The summed E-state index contributed by atoms with van der Waals surface area (Å²) in [6.07, 6.45) is 7.83. The van der Waals surface area contributed by atoms with Crippen molar-refractivity contribution in [2.75, 3.05) is 0 Å². The highest BCUT2D eigenvalue weighted by atomic mass is 17.3. The van der Waals surface area contributed by atoms with E-state index in [9.17, 15) is 5.11 Å². The molecule has 2 bridgehead atoms. The van der Waals surface area contributed by atoms with Gasteiger partial charge in [0.05, 0.1) is 6.33 Å². The minimum Gasteiger partial charge on any atom is -0.368 e. The van der Waals surface area contributed by atoms with E-state index in [1.165, 1.54) is 0 Å². The maximum absolute atomic E-state index is 10.8. The zero-order valence-electron chi connectivity index (χ0n) is 14.7. The number of aliphatic hydroxyl groups is 1. The Balaban J connectivity index is 1.55. The smallest absolute Gasteiger partial charge is 0.201 e.